The van der Waals surface area contributed by atoms with Crippen molar-refractivity contribution < 1.29 is 121 Å². The second-order valence-electron chi connectivity index (χ2n) is 36.2. The lowest BCUT2D eigenvalue weighted by atomic mass is 9.97. The van der Waals surface area contributed by atoms with Gasteiger partial charge in [0.15, 0.2) is 0 Å². The van der Waals surface area contributed by atoms with Crippen LogP contribution >= 0.6 is 25.3 Å². The molecule has 49 heteroatoms. The molecule has 0 aliphatic carbocycles. The standard InChI is InChI=1S/C94H134N22O25S2/c1-11-50(7)76(90(136)99-43-73(124)111-78(53(10)118)93(139)116-34-20-26-68(116)88(134)114-77(51(8)12-2)91(137)107-64(44-117)85(131)105-60(35-54-21-15-13-16-22-54)82(128)109-66(46-143)94(140)141)110-72(123)42-98-89(135)74(48(3)4)112-83(129)62(36-55-23-17-14-18-24-55)104-81(127)61(37-56-27-29-58(119)30-28-56)103-80(126)59-31-32-69(120)96-40-70(121)97-41-71(122)101-52(9)79(125)108-65(45-142)86(132)106-63(38-57-39-95-47-100-57)84(130)113-75(49(5)6)92(138)115-33-19-25-67(115)87(133)102-59/h13-18,21-24,27-30,39,47-53,59-68,74-78,117-119,142-143H,11-12,19-20,25-26,31-38,40-46H2,1-10H3,(H,95,100)(H,96,120)(H,97,121)(H,98,135)(H,99,136)(H,101,122)(H,102,133)(H,103,126)(H,104,127)(H,105,131)(H,106,132)(H,107,137)(H,108,125)(H,109,128)(H,110,123)(H,111,124)(H,112,129)(H,113,130)(H,114,134)(H,140,141)/t50-,51-,52-,53+,59-,60-,61-,62-,63-,64-,65-,66-,67-,68-,74-,75-,76-,77-,78-/m0/s1. The predicted molar refractivity (Wildman–Crippen MR) is 521 cm³/mol. The molecule has 0 radical (unpaired) electrons. The lowest BCUT2D eigenvalue weighted by molar-refractivity contribution is -0.144. The number of nitrogens with zero attached hydrogens (tertiary/aromatic N) is 3. The van der Waals surface area contributed by atoms with Gasteiger partial charge in [-0.1, -0.05) is 141 Å². The van der Waals surface area contributed by atoms with Crippen LogP contribution in [0.3, 0.4) is 0 Å². The number of nitrogens with one attached hydrogen (secondary N) is 19. The number of phenolic OH excluding ortho intramolecular Hbond substituents is 1. The third-order valence-corrected chi connectivity index (χ3v) is 25.2. The number of hydrogen-bond acceptors (Lipinski definition) is 27. The number of phenols is 1. The number of aromatic nitrogens is 2. The summed E-state index contributed by atoms with van der Waals surface area (Å²) in [6.07, 6.45) is -0.0226. The molecule has 3 aliphatic heterocycles. The minimum Gasteiger partial charge on any atom is -0.508 e. The summed E-state index contributed by atoms with van der Waals surface area (Å²) in [7, 11) is 0. The first-order valence-electron chi connectivity index (χ1n) is 47.4. The zero-order valence-electron chi connectivity index (χ0n) is 81.3. The maximum absolute atomic E-state index is 15.2. The van der Waals surface area contributed by atoms with E-state index in [0.29, 0.717) is 22.4 Å². The van der Waals surface area contributed by atoms with Crippen LogP contribution in [0.4, 0.5) is 0 Å². The molecule has 143 heavy (non-hydrogen) atoms. The van der Waals surface area contributed by atoms with E-state index in [0.717, 1.165) is 4.90 Å². The second kappa shape index (κ2) is 57.3. The summed E-state index contributed by atoms with van der Waals surface area (Å²) < 4.78 is 0. The van der Waals surface area contributed by atoms with Crippen LogP contribution in [0.25, 0.3) is 0 Å². The molecule has 4 heterocycles. The van der Waals surface area contributed by atoms with Crippen LogP contribution < -0.4 is 95.7 Å². The number of aliphatic hydroxyl groups excluding tert-OH is 2. The predicted octanol–water partition coefficient (Wildman–Crippen LogP) is -5.84. The molecule has 0 saturated carbocycles. The van der Waals surface area contributed by atoms with Crippen LogP contribution in [0.1, 0.15) is 143 Å². The molecule has 3 saturated heterocycles. The van der Waals surface area contributed by atoms with E-state index >= 15 is 9.59 Å². The van der Waals surface area contributed by atoms with Gasteiger partial charge in [0, 0.05) is 68.6 Å². The number of amides is 20. The molecule has 47 nitrogen and oxygen atoms in total. The number of aromatic hydroxyl groups is 1. The molecule has 3 fully saturated rings. The van der Waals surface area contributed by atoms with Crippen molar-refractivity contribution in [2.24, 2.45) is 23.7 Å². The van der Waals surface area contributed by atoms with E-state index in [1.807, 2.05) is 0 Å². The maximum Gasteiger partial charge on any atom is 0.327 e. The molecule has 20 amide bonds. The quantitative estimate of drug-likeness (QED) is 0.0184. The number of carboxylic acid groups (broad SMARTS) is 1. The number of fused-ring (bicyclic) bond motifs is 1. The number of thiol groups is 2. The first kappa shape index (κ1) is 116. The Bertz CT molecular complexity index is 5100. The van der Waals surface area contributed by atoms with Gasteiger partial charge in [0.2, 0.25) is 118 Å². The minimum atomic E-state index is -1.76. The highest BCUT2D eigenvalue weighted by atomic mass is 32.1. The molecule has 19 atom stereocenters. The Morgan fingerprint density at radius 1 is 0.503 bits per heavy atom. The van der Waals surface area contributed by atoms with E-state index in [9.17, 15) is 112 Å². The highest BCUT2D eigenvalue weighted by Crippen LogP contribution is 2.25. The lowest BCUT2D eigenvalue weighted by Gasteiger charge is -2.32. The number of benzene rings is 3. The SMILES string of the molecule is CC[C@H](C)[C@H](NC(=O)CNC(=O)[C@@H](NC(=O)[C@H](Cc1ccccc1)NC(=O)[C@H](Cc1ccc(O)cc1)NC(=O)[C@@H]1CCC(=O)NCC(=O)NCC(=O)N[C@@H](C)C(=O)N[C@@H](CS)C(=O)N[C@@H](Cc2cnc[nH]2)C(=O)N[C@@H](C(C)C)C(=O)N2CCC[C@H]2C(=O)N1)C(C)C)C(=O)NCC(=O)N[C@H](C(=O)N1CCC[C@H]1C(=O)N[C@H](C(=O)N[C@@H](CO)C(=O)N[C@@H](Cc1ccccc1)C(=O)N[C@@H](CS)C(=O)O)[C@@H](C)CC)[C@@H](C)O. The van der Waals surface area contributed by atoms with Crippen LogP contribution in [0.5, 0.6) is 5.75 Å². The number of aromatic amines is 1. The molecule has 782 valence electrons. The summed E-state index contributed by atoms with van der Waals surface area (Å²) in [6.45, 7) is 11.3. The molecule has 3 aromatic carbocycles. The first-order valence-corrected chi connectivity index (χ1v) is 48.6. The summed E-state index contributed by atoms with van der Waals surface area (Å²) in [5.74, 6) is -23.4. The summed E-state index contributed by atoms with van der Waals surface area (Å²) in [6, 6.07) is -1.71. The molecule has 1 aromatic heterocycles. The lowest BCUT2D eigenvalue weighted by Crippen LogP contribution is -2.62. The van der Waals surface area contributed by atoms with Crippen LogP contribution in [0, 0.1) is 23.7 Å². The average molecular weight is 2040 g/mol. The Morgan fingerprint density at radius 3 is 1.54 bits per heavy atom. The Morgan fingerprint density at radius 2 is 1.01 bits per heavy atom. The van der Waals surface area contributed by atoms with Crippen molar-refractivity contribution in [1.29, 1.82) is 0 Å². The Balaban J connectivity index is 1.03. The number of likely N-dealkylation sites (tertiary alicyclic amines) is 1. The molecule has 23 N–H and O–H groups in total. The number of carboxylic acids is 1. The van der Waals surface area contributed by atoms with E-state index in [1.54, 1.807) is 116 Å². The molecule has 0 bridgehead atoms. The highest BCUT2D eigenvalue weighted by Gasteiger charge is 2.46. The largest absolute Gasteiger partial charge is 0.508 e. The monoisotopic (exact) mass is 2030 g/mol. The van der Waals surface area contributed by atoms with Gasteiger partial charge < -0.3 is 131 Å². The smallest absolute Gasteiger partial charge is 0.327 e. The molecule has 3 aliphatic rings. The van der Waals surface area contributed by atoms with E-state index in [-0.39, 0.29) is 94.6 Å². The van der Waals surface area contributed by atoms with Gasteiger partial charge in [0.05, 0.1) is 45.2 Å². The number of carbonyl (C=O) groups is 21. The Hall–Kier alpha value is -13.8. The molecular weight excluding hydrogens is 1900 g/mol. The molecule has 0 unspecified atom stereocenters. The average Bonchev–Trinajstić information content (AvgIpc) is 1.69. The van der Waals surface area contributed by atoms with Crippen LogP contribution in [-0.2, 0) is 126 Å². The Labute approximate surface area is 837 Å². The topological polar surface area (TPSA) is 691 Å². The van der Waals surface area contributed by atoms with Crippen molar-refractivity contribution in [3.63, 3.8) is 0 Å². The van der Waals surface area contributed by atoms with Crippen molar-refractivity contribution >= 4 is 149 Å². The number of imidazole rings is 1. The van der Waals surface area contributed by atoms with Gasteiger partial charge in [-0.2, -0.15) is 25.3 Å². The number of aliphatic carboxylic acids is 1. The fourth-order valence-electron chi connectivity index (χ4n) is 15.8. The Kier molecular flexibility index (Phi) is 46.5. The first-order chi connectivity index (χ1) is 67.9. The van der Waals surface area contributed by atoms with E-state index in [1.165, 1.54) is 55.5 Å². The van der Waals surface area contributed by atoms with Crippen LogP contribution in [0.15, 0.2) is 97.5 Å². The van der Waals surface area contributed by atoms with Crippen molar-refractivity contribution in [1.82, 2.24) is 115 Å². The van der Waals surface area contributed by atoms with Crippen molar-refractivity contribution in [2.75, 3.05) is 57.4 Å². The van der Waals surface area contributed by atoms with Crippen LogP contribution in [-0.4, -0.2) is 324 Å². The second-order valence-corrected chi connectivity index (χ2v) is 36.9. The molecule has 7 rings (SSSR count). The number of aliphatic hydroxyl groups is 2. The van der Waals surface area contributed by atoms with Crippen LogP contribution in [0.2, 0.25) is 0 Å². The number of rotatable bonds is 42. The summed E-state index contributed by atoms with van der Waals surface area (Å²) in [5, 5.41) is 86.6. The number of carbonyl (C=O) groups excluding carboxylic acids is 20. The van der Waals surface area contributed by atoms with Gasteiger partial charge in [-0.05, 0) is 98.4 Å². The molecule has 0 spiro atoms. The van der Waals surface area contributed by atoms with E-state index in [4.69, 9.17) is 0 Å². The third kappa shape index (κ3) is 36.0. The fraction of sp³-hybridized carbons (Fsp3) is 0.553. The fourth-order valence-corrected chi connectivity index (χ4v) is 16.3. The number of hydrogen-bond donors (Lipinski definition) is 25. The van der Waals surface area contributed by atoms with Gasteiger partial charge in [-0.15, -0.1) is 0 Å². The van der Waals surface area contributed by atoms with Gasteiger partial charge >= 0.3 is 5.97 Å². The van der Waals surface area contributed by atoms with Crippen molar-refractivity contribution in [2.45, 2.75) is 249 Å². The summed E-state index contributed by atoms with van der Waals surface area (Å²) in [5.41, 5.74) is 1.72. The molecule has 4 aromatic rings. The van der Waals surface area contributed by atoms with E-state index < -0.39 is 296 Å². The summed E-state index contributed by atoms with van der Waals surface area (Å²) in [4.78, 5) is 304. The molecular formula is C94H134N22O25S2. The maximum atomic E-state index is 15.2. The van der Waals surface area contributed by atoms with E-state index in [2.05, 4.69) is 131 Å². The van der Waals surface area contributed by atoms with Gasteiger partial charge in [-0.25, -0.2) is 9.78 Å². The number of H-pyrrole nitrogens is 1. The third-order valence-electron chi connectivity index (χ3n) is 24.5. The highest BCUT2D eigenvalue weighted by molar-refractivity contribution is 7.80. The van der Waals surface area contributed by atoms with Gasteiger partial charge in [0.25, 0.3) is 0 Å². The zero-order valence-corrected chi connectivity index (χ0v) is 83.1. The van der Waals surface area contributed by atoms with Gasteiger partial charge in [0.1, 0.15) is 102 Å². The van der Waals surface area contributed by atoms with Gasteiger partial charge in [-0.3, -0.25) is 95.9 Å². The normalized spacial score (nSPS) is 20.6. The minimum absolute atomic E-state index is 0.00854. The van der Waals surface area contributed by atoms with Crippen molar-refractivity contribution in [3.05, 3.63) is 120 Å². The zero-order chi connectivity index (χ0) is 106. The van der Waals surface area contributed by atoms with Crippen molar-refractivity contribution in [3.8, 4) is 5.75 Å². The summed E-state index contributed by atoms with van der Waals surface area (Å²) >= 11 is 8.24.